The Balaban J connectivity index is 2.21. The molecule has 0 atom stereocenters. The van der Waals surface area contributed by atoms with Gasteiger partial charge in [0.05, 0.1) is 14.2 Å². The summed E-state index contributed by atoms with van der Waals surface area (Å²) < 4.78 is 10.5. The van der Waals surface area contributed by atoms with Crippen LogP contribution in [-0.2, 0) is 6.54 Å². The average Bonchev–Trinajstić information content (AvgIpc) is 2.49. The number of hydrogen-bond acceptors (Lipinski definition) is 4. The van der Waals surface area contributed by atoms with Crippen molar-refractivity contribution in [1.82, 2.24) is 5.32 Å². The van der Waals surface area contributed by atoms with Crippen LogP contribution in [0.4, 0.5) is 0 Å². The average molecular weight is 297 g/mol. The Morgan fingerprint density at radius 1 is 0.950 bits per heavy atom. The number of unbranched alkanes of at least 4 members (excludes halogenated alkanes) is 3. The maximum Gasteiger partial charge on any atom is 0.122 e. The Morgan fingerprint density at radius 2 is 1.60 bits per heavy atom. The number of methoxy groups -OCH3 is 2. The number of rotatable bonds is 11. The predicted molar refractivity (Wildman–Crippen MR) is 88.1 cm³/mol. The van der Waals surface area contributed by atoms with E-state index < -0.39 is 0 Å². The van der Waals surface area contributed by atoms with Crippen molar-refractivity contribution in [2.75, 3.05) is 32.8 Å². The molecule has 0 aliphatic rings. The first-order valence-electron chi connectivity index (χ1n) is 7.21. The third-order valence-electron chi connectivity index (χ3n) is 3.19. The van der Waals surface area contributed by atoms with Crippen LogP contribution in [0, 0.1) is 0 Å². The first-order valence-corrected chi connectivity index (χ1v) is 8.61. The molecule has 4 heteroatoms. The maximum absolute atomic E-state index is 5.27. The Hall–Kier alpha value is -0.870. The Morgan fingerprint density at radius 3 is 2.20 bits per heavy atom. The minimum Gasteiger partial charge on any atom is -0.497 e. The molecule has 0 heterocycles. The van der Waals surface area contributed by atoms with Crippen molar-refractivity contribution in [2.24, 2.45) is 0 Å². The van der Waals surface area contributed by atoms with E-state index in [-0.39, 0.29) is 0 Å². The van der Waals surface area contributed by atoms with Crippen LogP contribution < -0.4 is 14.8 Å². The van der Waals surface area contributed by atoms with Crippen molar-refractivity contribution in [3.05, 3.63) is 23.8 Å². The van der Waals surface area contributed by atoms with Gasteiger partial charge in [-0.25, -0.2) is 0 Å². The van der Waals surface area contributed by atoms with Gasteiger partial charge in [-0.05, 0) is 49.1 Å². The van der Waals surface area contributed by atoms with Crippen LogP contribution in [0.2, 0.25) is 0 Å². The van der Waals surface area contributed by atoms with Crippen molar-refractivity contribution in [3.8, 4) is 11.5 Å². The van der Waals surface area contributed by atoms with Gasteiger partial charge in [0.25, 0.3) is 0 Å². The number of benzene rings is 1. The SMILES string of the molecule is COc1cc(CNCCCCCCSC)cc(OC)c1. The molecule has 0 saturated heterocycles. The van der Waals surface area contributed by atoms with Crippen molar-refractivity contribution in [2.45, 2.75) is 32.2 Å². The van der Waals surface area contributed by atoms with Gasteiger partial charge in [0, 0.05) is 12.6 Å². The molecule has 114 valence electrons. The number of nitrogens with one attached hydrogen (secondary N) is 1. The molecule has 1 aromatic rings. The second-order valence-electron chi connectivity index (χ2n) is 4.80. The van der Waals surface area contributed by atoms with Crippen LogP contribution in [0.25, 0.3) is 0 Å². The van der Waals surface area contributed by atoms with Gasteiger partial charge < -0.3 is 14.8 Å². The standard InChI is InChI=1S/C16H27NO2S/c1-18-15-10-14(11-16(12-15)19-2)13-17-8-6-4-5-7-9-20-3/h10-12,17H,4-9,13H2,1-3H3. The lowest BCUT2D eigenvalue weighted by atomic mass is 10.2. The summed E-state index contributed by atoms with van der Waals surface area (Å²) in [6.07, 6.45) is 7.41. The van der Waals surface area contributed by atoms with E-state index >= 15 is 0 Å². The minimum absolute atomic E-state index is 0.846. The lowest BCUT2D eigenvalue weighted by Gasteiger charge is -2.09. The van der Waals surface area contributed by atoms with Gasteiger partial charge in [0.1, 0.15) is 11.5 Å². The van der Waals surface area contributed by atoms with E-state index in [1.54, 1.807) is 14.2 Å². The largest absolute Gasteiger partial charge is 0.497 e. The fourth-order valence-corrected chi connectivity index (χ4v) is 2.54. The number of thioether (sulfide) groups is 1. The van der Waals surface area contributed by atoms with Gasteiger partial charge in [-0.2, -0.15) is 11.8 Å². The molecule has 0 aliphatic heterocycles. The fourth-order valence-electron chi connectivity index (χ4n) is 2.05. The van der Waals surface area contributed by atoms with Crippen LogP contribution in [0.1, 0.15) is 31.2 Å². The molecule has 0 unspecified atom stereocenters. The van der Waals surface area contributed by atoms with Gasteiger partial charge in [-0.15, -0.1) is 0 Å². The highest BCUT2D eigenvalue weighted by Gasteiger charge is 2.01. The molecular formula is C16H27NO2S. The molecule has 0 aliphatic carbocycles. The molecule has 1 rings (SSSR count). The van der Waals surface area contributed by atoms with Crippen LogP contribution in [0.3, 0.4) is 0 Å². The molecule has 0 radical (unpaired) electrons. The maximum atomic E-state index is 5.27. The molecular weight excluding hydrogens is 270 g/mol. The van der Waals surface area contributed by atoms with Crippen molar-refractivity contribution in [1.29, 1.82) is 0 Å². The molecule has 20 heavy (non-hydrogen) atoms. The minimum atomic E-state index is 0.846. The molecule has 0 bridgehead atoms. The molecule has 0 spiro atoms. The van der Waals surface area contributed by atoms with Crippen LogP contribution in [0.15, 0.2) is 18.2 Å². The summed E-state index contributed by atoms with van der Waals surface area (Å²) in [7, 11) is 3.36. The van der Waals surface area contributed by atoms with Crippen molar-refractivity contribution in [3.63, 3.8) is 0 Å². The first-order chi connectivity index (χ1) is 9.80. The lowest BCUT2D eigenvalue weighted by molar-refractivity contribution is 0.393. The Labute approximate surface area is 127 Å². The second kappa shape index (κ2) is 10.9. The molecule has 1 N–H and O–H groups in total. The second-order valence-corrected chi connectivity index (χ2v) is 5.79. The number of ether oxygens (including phenoxy) is 2. The normalized spacial score (nSPS) is 10.6. The van der Waals surface area contributed by atoms with E-state index in [1.807, 2.05) is 30.0 Å². The van der Waals surface area contributed by atoms with Crippen molar-refractivity contribution >= 4 is 11.8 Å². The van der Waals surface area contributed by atoms with Crippen LogP contribution in [-0.4, -0.2) is 32.8 Å². The van der Waals surface area contributed by atoms with E-state index in [0.29, 0.717) is 0 Å². The smallest absolute Gasteiger partial charge is 0.122 e. The summed E-state index contributed by atoms with van der Waals surface area (Å²) in [5, 5.41) is 3.48. The summed E-state index contributed by atoms with van der Waals surface area (Å²) in [5.74, 6) is 2.98. The summed E-state index contributed by atoms with van der Waals surface area (Å²) in [4.78, 5) is 0. The van der Waals surface area contributed by atoms with E-state index in [9.17, 15) is 0 Å². The van der Waals surface area contributed by atoms with Gasteiger partial charge in [0.15, 0.2) is 0 Å². The zero-order chi connectivity index (χ0) is 14.6. The quantitative estimate of drug-likeness (QED) is 0.631. The van der Waals surface area contributed by atoms with Gasteiger partial charge >= 0.3 is 0 Å². The summed E-state index contributed by atoms with van der Waals surface area (Å²) in [6, 6.07) is 6.00. The van der Waals surface area contributed by atoms with E-state index in [0.717, 1.165) is 24.6 Å². The third-order valence-corrected chi connectivity index (χ3v) is 3.89. The third kappa shape index (κ3) is 7.06. The fraction of sp³-hybridized carbons (Fsp3) is 0.625. The summed E-state index contributed by atoms with van der Waals surface area (Å²) in [5.41, 5.74) is 1.20. The van der Waals surface area contributed by atoms with E-state index in [2.05, 4.69) is 11.6 Å². The zero-order valence-electron chi connectivity index (χ0n) is 12.9. The monoisotopic (exact) mass is 297 g/mol. The van der Waals surface area contributed by atoms with Crippen LogP contribution >= 0.6 is 11.8 Å². The Kier molecular flexibility index (Phi) is 9.33. The molecule has 0 amide bonds. The van der Waals surface area contributed by atoms with E-state index in [1.165, 1.54) is 37.0 Å². The molecule has 1 aromatic carbocycles. The molecule has 0 aromatic heterocycles. The highest BCUT2D eigenvalue weighted by molar-refractivity contribution is 7.98. The van der Waals surface area contributed by atoms with Gasteiger partial charge in [-0.1, -0.05) is 12.8 Å². The van der Waals surface area contributed by atoms with E-state index in [4.69, 9.17) is 9.47 Å². The van der Waals surface area contributed by atoms with Gasteiger partial charge in [-0.3, -0.25) is 0 Å². The number of hydrogen-bond donors (Lipinski definition) is 1. The first kappa shape index (κ1) is 17.2. The highest BCUT2D eigenvalue weighted by Crippen LogP contribution is 2.22. The summed E-state index contributed by atoms with van der Waals surface area (Å²) in [6.45, 7) is 1.93. The molecule has 0 saturated carbocycles. The van der Waals surface area contributed by atoms with Crippen LogP contribution in [0.5, 0.6) is 11.5 Å². The van der Waals surface area contributed by atoms with Crippen molar-refractivity contribution < 1.29 is 9.47 Å². The highest BCUT2D eigenvalue weighted by atomic mass is 32.2. The van der Waals surface area contributed by atoms with Gasteiger partial charge in [0.2, 0.25) is 0 Å². The Bertz CT molecular complexity index is 349. The molecule has 3 nitrogen and oxygen atoms in total. The molecule has 0 fully saturated rings. The lowest BCUT2D eigenvalue weighted by Crippen LogP contribution is -2.14. The predicted octanol–water partition coefficient (Wildman–Crippen LogP) is 3.72. The summed E-state index contributed by atoms with van der Waals surface area (Å²) >= 11 is 1.93. The zero-order valence-corrected chi connectivity index (χ0v) is 13.7. The topological polar surface area (TPSA) is 30.5 Å².